The van der Waals surface area contributed by atoms with Crippen molar-refractivity contribution >= 4 is 23.5 Å². The minimum absolute atomic E-state index is 0.0342. The van der Waals surface area contributed by atoms with Gasteiger partial charge in [0.2, 0.25) is 12.7 Å². The number of hydrogen-bond donors (Lipinski definition) is 2. The zero-order valence-electron chi connectivity index (χ0n) is 14.4. The van der Waals surface area contributed by atoms with Crippen molar-refractivity contribution < 1.29 is 14.3 Å². The number of carbonyl (C=O) groups excluding carboxylic acids is 1. The summed E-state index contributed by atoms with van der Waals surface area (Å²) < 4.78 is 10.6. The van der Waals surface area contributed by atoms with Crippen LogP contribution in [0.3, 0.4) is 0 Å². The van der Waals surface area contributed by atoms with E-state index in [1.54, 1.807) is 13.0 Å². The molecule has 0 saturated heterocycles. The third-order valence-corrected chi connectivity index (χ3v) is 4.92. The van der Waals surface area contributed by atoms with Crippen molar-refractivity contribution in [2.75, 3.05) is 12.5 Å². The highest BCUT2D eigenvalue weighted by molar-refractivity contribution is 8.00. The zero-order chi connectivity index (χ0) is 19.4. The lowest BCUT2D eigenvalue weighted by Crippen LogP contribution is -2.30. The molecule has 0 saturated carbocycles. The van der Waals surface area contributed by atoms with Crippen molar-refractivity contribution in [2.24, 2.45) is 0 Å². The van der Waals surface area contributed by atoms with Crippen LogP contribution in [0.15, 0.2) is 29.3 Å². The Morgan fingerprint density at radius 1 is 1.30 bits per heavy atom. The van der Waals surface area contributed by atoms with Gasteiger partial charge in [0.1, 0.15) is 23.0 Å². The Labute approximate surface area is 159 Å². The predicted molar refractivity (Wildman–Crippen MR) is 97.8 cm³/mol. The maximum atomic E-state index is 12.4. The molecule has 1 aliphatic heterocycles. The molecule has 0 bridgehead atoms. The number of amides is 1. The number of hydrogen-bond acceptors (Lipinski definition) is 8. The molecule has 0 aliphatic carbocycles. The molecule has 2 heterocycles. The number of nitrogens with zero attached hydrogens (tertiary/aromatic N) is 3. The highest BCUT2D eigenvalue weighted by Gasteiger charge is 2.19. The van der Waals surface area contributed by atoms with Crippen LogP contribution in [0.25, 0.3) is 0 Å². The second-order valence-electron chi connectivity index (χ2n) is 5.66. The van der Waals surface area contributed by atoms with Gasteiger partial charge < -0.3 is 20.5 Å². The first-order chi connectivity index (χ1) is 13.0. The molecule has 0 fully saturated rings. The Hall–Kier alpha value is -3.43. The summed E-state index contributed by atoms with van der Waals surface area (Å²) in [6, 6.07) is 10.7. The zero-order valence-corrected chi connectivity index (χ0v) is 15.2. The average Bonchev–Trinajstić information content (AvgIpc) is 3.14. The molecule has 8 nitrogen and oxygen atoms in total. The standard InChI is InChI=1S/C18H15N5O3S/c1-10(27-18-13(7-20)5-12(6-19)16(21)23-18)17(24)22-8-11-2-3-14-15(4-11)26-9-25-14/h2-5,10H,8-9H2,1H3,(H2,21,23)(H,22,24)/t10-/m1/s1. The SMILES string of the molecule is C[C@@H](Sc1nc(N)c(C#N)cc1C#N)C(=O)NCc1ccc2c(c1)OCO2. The fourth-order valence-electron chi connectivity index (χ4n) is 2.37. The normalized spacial score (nSPS) is 12.7. The van der Waals surface area contributed by atoms with Gasteiger partial charge in [-0.25, -0.2) is 4.98 Å². The summed E-state index contributed by atoms with van der Waals surface area (Å²) in [5.74, 6) is 1.15. The van der Waals surface area contributed by atoms with Crippen molar-refractivity contribution in [3.8, 4) is 23.6 Å². The van der Waals surface area contributed by atoms with Gasteiger partial charge >= 0.3 is 0 Å². The maximum absolute atomic E-state index is 12.4. The second kappa shape index (κ2) is 7.85. The Morgan fingerprint density at radius 3 is 2.78 bits per heavy atom. The Morgan fingerprint density at radius 2 is 2.04 bits per heavy atom. The smallest absolute Gasteiger partial charge is 0.233 e. The van der Waals surface area contributed by atoms with Gasteiger partial charge in [-0.1, -0.05) is 17.8 Å². The average molecular weight is 381 g/mol. The molecule has 0 spiro atoms. The number of nitriles is 2. The van der Waals surface area contributed by atoms with Crippen LogP contribution in [0, 0.1) is 22.7 Å². The third kappa shape index (κ3) is 4.05. The maximum Gasteiger partial charge on any atom is 0.233 e. The van der Waals surface area contributed by atoms with Crippen LogP contribution in [-0.2, 0) is 11.3 Å². The predicted octanol–water partition coefficient (Wildman–Crippen LogP) is 1.93. The van der Waals surface area contributed by atoms with Gasteiger partial charge in [0.05, 0.1) is 16.4 Å². The lowest BCUT2D eigenvalue weighted by molar-refractivity contribution is -0.120. The minimum atomic E-state index is -0.508. The van der Waals surface area contributed by atoms with Crippen LogP contribution in [-0.4, -0.2) is 22.9 Å². The third-order valence-electron chi connectivity index (χ3n) is 3.82. The van der Waals surface area contributed by atoms with E-state index in [2.05, 4.69) is 10.3 Å². The molecule has 3 rings (SSSR count). The minimum Gasteiger partial charge on any atom is -0.454 e. The lowest BCUT2D eigenvalue weighted by Gasteiger charge is -2.13. The van der Waals surface area contributed by atoms with Crippen molar-refractivity contribution in [1.29, 1.82) is 10.5 Å². The fraction of sp³-hybridized carbons (Fsp3) is 0.222. The molecule has 1 amide bonds. The van der Waals surface area contributed by atoms with E-state index in [1.807, 2.05) is 24.3 Å². The number of nitrogens with two attached hydrogens (primary N) is 1. The molecule has 1 aromatic heterocycles. The number of ether oxygens (including phenoxy) is 2. The molecule has 9 heteroatoms. The van der Waals surface area contributed by atoms with Gasteiger partial charge in [-0.05, 0) is 30.7 Å². The van der Waals surface area contributed by atoms with Gasteiger partial charge in [0, 0.05) is 6.54 Å². The number of aromatic nitrogens is 1. The number of rotatable bonds is 5. The van der Waals surface area contributed by atoms with Gasteiger partial charge in [-0.3, -0.25) is 4.79 Å². The molecule has 1 aromatic carbocycles. The molecule has 136 valence electrons. The van der Waals surface area contributed by atoms with E-state index in [0.29, 0.717) is 23.1 Å². The van der Waals surface area contributed by atoms with Crippen LogP contribution in [0.5, 0.6) is 11.5 Å². The topological polar surface area (TPSA) is 134 Å². The van der Waals surface area contributed by atoms with E-state index in [0.717, 1.165) is 17.3 Å². The summed E-state index contributed by atoms with van der Waals surface area (Å²) in [5.41, 5.74) is 6.93. The summed E-state index contributed by atoms with van der Waals surface area (Å²) in [5, 5.41) is 20.8. The molecular weight excluding hydrogens is 366 g/mol. The number of nitrogens with one attached hydrogen (secondary N) is 1. The van der Waals surface area contributed by atoms with E-state index in [9.17, 15) is 10.1 Å². The van der Waals surface area contributed by atoms with Crippen LogP contribution in [0.4, 0.5) is 5.82 Å². The molecule has 2 aromatic rings. The first-order valence-corrected chi connectivity index (χ1v) is 8.83. The van der Waals surface area contributed by atoms with E-state index in [4.69, 9.17) is 20.5 Å². The fourth-order valence-corrected chi connectivity index (χ4v) is 3.28. The molecule has 1 atom stereocenters. The number of pyridine rings is 1. The Kier molecular flexibility index (Phi) is 5.34. The Balaban J connectivity index is 1.64. The number of nitrogen functional groups attached to an aromatic ring is 1. The highest BCUT2D eigenvalue weighted by Crippen LogP contribution is 2.32. The Bertz CT molecular complexity index is 980. The van der Waals surface area contributed by atoms with E-state index in [-0.39, 0.29) is 29.6 Å². The van der Waals surface area contributed by atoms with E-state index >= 15 is 0 Å². The van der Waals surface area contributed by atoms with Crippen LogP contribution < -0.4 is 20.5 Å². The molecule has 1 aliphatic rings. The quantitative estimate of drug-likeness (QED) is 0.750. The van der Waals surface area contributed by atoms with Gasteiger partial charge in [-0.15, -0.1) is 0 Å². The largest absolute Gasteiger partial charge is 0.454 e. The van der Waals surface area contributed by atoms with E-state index in [1.165, 1.54) is 6.07 Å². The van der Waals surface area contributed by atoms with Crippen LogP contribution in [0.2, 0.25) is 0 Å². The van der Waals surface area contributed by atoms with Crippen molar-refractivity contribution in [2.45, 2.75) is 23.7 Å². The van der Waals surface area contributed by atoms with Gasteiger partial charge in [-0.2, -0.15) is 10.5 Å². The number of benzene rings is 1. The van der Waals surface area contributed by atoms with Crippen LogP contribution >= 0.6 is 11.8 Å². The summed E-state index contributed by atoms with van der Waals surface area (Å²) in [4.78, 5) is 16.5. The summed E-state index contributed by atoms with van der Waals surface area (Å²) in [6.45, 7) is 2.23. The highest BCUT2D eigenvalue weighted by atomic mass is 32.2. The van der Waals surface area contributed by atoms with Crippen molar-refractivity contribution in [3.05, 3.63) is 41.0 Å². The molecule has 3 N–H and O–H groups in total. The van der Waals surface area contributed by atoms with Gasteiger partial charge in [0.15, 0.2) is 11.5 Å². The molecule has 27 heavy (non-hydrogen) atoms. The summed E-state index contributed by atoms with van der Waals surface area (Å²) >= 11 is 1.11. The van der Waals surface area contributed by atoms with Crippen LogP contribution in [0.1, 0.15) is 23.6 Å². The summed E-state index contributed by atoms with van der Waals surface area (Å²) in [7, 11) is 0. The monoisotopic (exact) mass is 381 g/mol. The first kappa shape index (κ1) is 18.4. The number of thioether (sulfide) groups is 1. The number of carbonyl (C=O) groups is 1. The second-order valence-corrected chi connectivity index (χ2v) is 6.99. The summed E-state index contributed by atoms with van der Waals surface area (Å²) in [6.07, 6.45) is 0. The number of anilines is 1. The number of fused-ring (bicyclic) bond motifs is 1. The van der Waals surface area contributed by atoms with E-state index < -0.39 is 5.25 Å². The molecule has 0 unspecified atom stereocenters. The van der Waals surface area contributed by atoms with Crippen molar-refractivity contribution in [3.63, 3.8) is 0 Å². The molecular formula is C18H15N5O3S. The molecule has 0 radical (unpaired) electrons. The van der Waals surface area contributed by atoms with Crippen molar-refractivity contribution in [1.82, 2.24) is 10.3 Å². The first-order valence-electron chi connectivity index (χ1n) is 7.95. The lowest BCUT2D eigenvalue weighted by atomic mass is 10.2. The van der Waals surface area contributed by atoms with Gasteiger partial charge in [0.25, 0.3) is 0 Å².